The predicted octanol–water partition coefficient (Wildman–Crippen LogP) is 2.58. The van der Waals surface area contributed by atoms with Gasteiger partial charge in [0.25, 0.3) is 5.56 Å². The summed E-state index contributed by atoms with van der Waals surface area (Å²) in [5.41, 5.74) is 1.42. The van der Waals surface area contributed by atoms with Crippen LogP contribution >= 0.6 is 11.6 Å². The van der Waals surface area contributed by atoms with Crippen molar-refractivity contribution in [2.24, 2.45) is 0 Å². The van der Waals surface area contributed by atoms with E-state index in [2.05, 4.69) is 0 Å². The largest absolute Gasteiger partial charge is 0.310 e. The van der Waals surface area contributed by atoms with Gasteiger partial charge in [0.15, 0.2) is 0 Å². The van der Waals surface area contributed by atoms with Gasteiger partial charge < -0.3 is 4.57 Å². The van der Waals surface area contributed by atoms with Crippen molar-refractivity contribution >= 4 is 16.8 Å². The third-order valence-electron chi connectivity index (χ3n) is 3.42. The maximum atomic E-state index is 12.3. The second kappa shape index (κ2) is 5.05. The minimum absolute atomic E-state index is 0.0212. The maximum absolute atomic E-state index is 12.3. The summed E-state index contributed by atoms with van der Waals surface area (Å²) >= 11 is 5.35. The van der Waals surface area contributed by atoms with Gasteiger partial charge in [-0.2, -0.15) is 0 Å². The van der Waals surface area contributed by atoms with Crippen LogP contribution in [0.3, 0.4) is 0 Å². The van der Waals surface area contributed by atoms with Gasteiger partial charge in [0.1, 0.15) is 0 Å². The van der Waals surface area contributed by atoms with Gasteiger partial charge in [-0.05, 0) is 37.4 Å². The number of rotatable bonds is 3. The molecular formula is C13H16ClNO2. The van der Waals surface area contributed by atoms with E-state index in [-0.39, 0.29) is 12.0 Å². The summed E-state index contributed by atoms with van der Waals surface area (Å²) in [5.74, 6) is 0. The van der Waals surface area contributed by atoms with Crippen molar-refractivity contribution in [2.75, 3.05) is 0 Å². The SMILES string of the molecule is Cc1ccc(CC(=O)Cl)c(=O)n1C1CCCC1. The zero-order chi connectivity index (χ0) is 12.4. The molecule has 4 heteroatoms. The van der Waals surface area contributed by atoms with E-state index in [1.54, 1.807) is 6.07 Å². The molecular weight excluding hydrogens is 238 g/mol. The van der Waals surface area contributed by atoms with Crippen LogP contribution in [-0.4, -0.2) is 9.81 Å². The molecule has 0 aromatic carbocycles. The highest BCUT2D eigenvalue weighted by Crippen LogP contribution is 2.29. The molecule has 1 fully saturated rings. The molecule has 1 heterocycles. The summed E-state index contributed by atoms with van der Waals surface area (Å²) < 4.78 is 1.84. The Labute approximate surface area is 105 Å². The van der Waals surface area contributed by atoms with Gasteiger partial charge >= 0.3 is 0 Å². The number of carbonyl (C=O) groups excluding carboxylic acids is 1. The van der Waals surface area contributed by atoms with Gasteiger partial charge in [-0.3, -0.25) is 9.59 Å². The van der Waals surface area contributed by atoms with Crippen molar-refractivity contribution in [1.82, 2.24) is 4.57 Å². The van der Waals surface area contributed by atoms with Crippen LogP contribution in [0.4, 0.5) is 0 Å². The van der Waals surface area contributed by atoms with Gasteiger partial charge in [0.2, 0.25) is 5.24 Å². The van der Waals surface area contributed by atoms with E-state index in [9.17, 15) is 9.59 Å². The quantitative estimate of drug-likeness (QED) is 0.777. The molecule has 0 radical (unpaired) electrons. The maximum Gasteiger partial charge on any atom is 0.254 e. The Kier molecular flexibility index (Phi) is 3.67. The average Bonchev–Trinajstić information content (AvgIpc) is 2.75. The van der Waals surface area contributed by atoms with Crippen LogP contribution in [0.2, 0.25) is 0 Å². The predicted molar refractivity (Wildman–Crippen MR) is 67.5 cm³/mol. The highest BCUT2D eigenvalue weighted by molar-refractivity contribution is 6.63. The van der Waals surface area contributed by atoms with Crippen LogP contribution in [0.1, 0.15) is 43.0 Å². The van der Waals surface area contributed by atoms with Gasteiger partial charge in [-0.1, -0.05) is 18.9 Å². The third-order valence-corrected chi connectivity index (χ3v) is 3.55. The number of halogens is 1. The van der Waals surface area contributed by atoms with E-state index >= 15 is 0 Å². The van der Waals surface area contributed by atoms with Crippen molar-refractivity contribution in [3.05, 3.63) is 33.7 Å². The first-order valence-corrected chi connectivity index (χ1v) is 6.36. The molecule has 1 saturated carbocycles. The van der Waals surface area contributed by atoms with E-state index in [0.717, 1.165) is 18.5 Å². The molecule has 1 aliphatic carbocycles. The van der Waals surface area contributed by atoms with Gasteiger partial charge in [-0.15, -0.1) is 0 Å². The first-order chi connectivity index (χ1) is 8.09. The van der Waals surface area contributed by atoms with E-state index in [4.69, 9.17) is 11.6 Å². The molecule has 0 atom stereocenters. The summed E-state index contributed by atoms with van der Waals surface area (Å²) in [4.78, 5) is 23.2. The lowest BCUT2D eigenvalue weighted by Gasteiger charge is -2.17. The lowest BCUT2D eigenvalue weighted by atomic mass is 10.1. The molecule has 17 heavy (non-hydrogen) atoms. The Morgan fingerprint density at radius 1 is 1.41 bits per heavy atom. The van der Waals surface area contributed by atoms with Crippen LogP contribution < -0.4 is 5.56 Å². The normalized spacial score (nSPS) is 16.4. The van der Waals surface area contributed by atoms with Crippen LogP contribution in [0.5, 0.6) is 0 Å². The summed E-state index contributed by atoms with van der Waals surface area (Å²) in [7, 11) is 0. The summed E-state index contributed by atoms with van der Waals surface area (Å²) in [6, 6.07) is 3.91. The van der Waals surface area contributed by atoms with Gasteiger partial charge in [0.05, 0.1) is 6.42 Å². The highest BCUT2D eigenvalue weighted by atomic mass is 35.5. The van der Waals surface area contributed by atoms with E-state index in [0.29, 0.717) is 11.6 Å². The van der Waals surface area contributed by atoms with Crippen molar-refractivity contribution in [2.45, 2.75) is 45.1 Å². The van der Waals surface area contributed by atoms with Crippen LogP contribution in [0.25, 0.3) is 0 Å². The lowest BCUT2D eigenvalue weighted by Crippen LogP contribution is -2.28. The standard InChI is InChI=1S/C13H16ClNO2/c1-9-6-7-10(8-12(14)16)13(17)15(9)11-4-2-3-5-11/h6-7,11H,2-5,8H2,1H3. The van der Waals surface area contributed by atoms with Gasteiger partial charge in [0, 0.05) is 17.3 Å². The molecule has 2 rings (SSSR count). The molecule has 3 nitrogen and oxygen atoms in total. The fourth-order valence-corrected chi connectivity index (χ4v) is 2.73. The molecule has 0 spiro atoms. The Morgan fingerprint density at radius 3 is 2.65 bits per heavy atom. The number of aryl methyl sites for hydroxylation is 1. The monoisotopic (exact) mass is 253 g/mol. The molecule has 0 amide bonds. The second-order valence-corrected chi connectivity index (χ2v) is 5.07. The number of hydrogen-bond donors (Lipinski definition) is 0. The zero-order valence-electron chi connectivity index (χ0n) is 9.91. The Morgan fingerprint density at radius 2 is 2.06 bits per heavy atom. The first kappa shape index (κ1) is 12.4. The van der Waals surface area contributed by atoms with Crippen LogP contribution in [-0.2, 0) is 11.2 Å². The van der Waals surface area contributed by atoms with Crippen LogP contribution in [0.15, 0.2) is 16.9 Å². The Hall–Kier alpha value is -1.09. The molecule has 92 valence electrons. The zero-order valence-corrected chi connectivity index (χ0v) is 10.7. The fourth-order valence-electron chi connectivity index (χ4n) is 2.59. The Balaban J connectivity index is 2.42. The highest BCUT2D eigenvalue weighted by Gasteiger charge is 2.20. The van der Waals surface area contributed by atoms with E-state index in [1.165, 1.54) is 12.8 Å². The third kappa shape index (κ3) is 2.60. The Bertz CT molecular complexity index is 487. The van der Waals surface area contributed by atoms with Crippen LogP contribution in [0, 0.1) is 6.92 Å². The lowest BCUT2D eigenvalue weighted by molar-refractivity contribution is -0.111. The average molecular weight is 254 g/mol. The molecule has 0 saturated heterocycles. The summed E-state index contributed by atoms with van der Waals surface area (Å²) in [6.45, 7) is 1.94. The number of nitrogens with zero attached hydrogens (tertiary/aromatic N) is 1. The smallest absolute Gasteiger partial charge is 0.254 e. The molecule has 1 aliphatic rings. The molecule has 1 aromatic heterocycles. The number of carbonyl (C=O) groups is 1. The topological polar surface area (TPSA) is 39.1 Å². The second-order valence-electron chi connectivity index (χ2n) is 4.65. The van der Waals surface area contributed by atoms with Crippen molar-refractivity contribution in [1.29, 1.82) is 0 Å². The molecule has 1 aromatic rings. The number of aromatic nitrogens is 1. The first-order valence-electron chi connectivity index (χ1n) is 5.99. The minimum Gasteiger partial charge on any atom is -0.310 e. The minimum atomic E-state index is -0.482. The van der Waals surface area contributed by atoms with Crippen molar-refractivity contribution < 1.29 is 4.79 Å². The molecule has 0 unspecified atom stereocenters. The summed E-state index contributed by atoms with van der Waals surface area (Å²) in [5, 5.41) is -0.482. The van der Waals surface area contributed by atoms with Gasteiger partial charge in [-0.25, -0.2) is 0 Å². The number of pyridine rings is 1. The van der Waals surface area contributed by atoms with Crippen molar-refractivity contribution in [3.8, 4) is 0 Å². The molecule has 0 N–H and O–H groups in total. The molecule has 0 bridgehead atoms. The number of hydrogen-bond acceptors (Lipinski definition) is 2. The van der Waals surface area contributed by atoms with Crippen molar-refractivity contribution in [3.63, 3.8) is 0 Å². The summed E-state index contributed by atoms with van der Waals surface area (Å²) in [6.07, 6.45) is 4.48. The van der Waals surface area contributed by atoms with E-state index < -0.39 is 5.24 Å². The fraction of sp³-hybridized carbons (Fsp3) is 0.538. The van der Waals surface area contributed by atoms with E-state index in [1.807, 2.05) is 17.6 Å². The molecule has 0 aliphatic heterocycles.